The number of ether oxygens (including phenoxy) is 1. The van der Waals surface area contributed by atoms with Crippen LogP contribution in [0, 0.1) is 0 Å². The molecule has 0 fully saturated rings. The third kappa shape index (κ3) is 3.48. The summed E-state index contributed by atoms with van der Waals surface area (Å²) in [4.78, 5) is 10.8. The maximum absolute atomic E-state index is 5.01. The second kappa shape index (κ2) is 6.42. The molecule has 5 nitrogen and oxygen atoms in total. The second-order valence-electron chi connectivity index (χ2n) is 3.91. The Kier molecular flexibility index (Phi) is 4.60. The molecule has 18 heavy (non-hydrogen) atoms. The van der Waals surface area contributed by atoms with E-state index in [0.29, 0.717) is 6.61 Å². The Bertz CT molecular complexity index is 474. The summed E-state index contributed by atoms with van der Waals surface area (Å²) in [7, 11) is 3.68. The van der Waals surface area contributed by atoms with Crippen LogP contribution in [-0.4, -0.2) is 35.1 Å². The Balaban J connectivity index is 1.96. The van der Waals surface area contributed by atoms with Gasteiger partial charge in [-0.1, -0.05) is 6.07 Å². The topological polar surface area (TPSA) is 51.1 Å². The molecule has 0 N–H and O–H groups in total. The Morgan fingerprint density at radius 3 is 3.00 bits per heavy atom. The zero-order chi connectivity index (χ0) is 12.8. The highest BCUT2D eigenvalue weighted by molar-refractivity contribution is 7.09. The van der Waals surface area contributed by atoms with Gasteiger partial charge in [0.05, 0.1) is 18.8 Å². The number of pyridine rings is 1. The van der Waals surface area contributed by atoms with E-state index in [2.05, 4.69) is 19.2 Å². The van der Waals surface area contributed by atoms with Crippen LogP contribution in [0.25, 0.3) is 0 Å². The minimum atomic E-state index is 0.653. The maximum atomic E-state index is 5.01. The summed E-state index contributed by atoms with van der Waals surface area (Å²) in [6.07, 6.45) is 2.55. The fourth-order valence-corrected chi connectivity index (χ4v) is 2.17. The number of nitrogens with zero attached hydrogens (tertiary/aromatic N) is 4. The first kappa shape index (κ1) is 12.9. The molecular weight excluding hydrogens is 248 g/mol. The molecule has 0 spiro atoms. The molecule has 0 unspecified atom stereocenters. The highest BCUT2D eigenvalue weighted by atomic mass is 32.1. The molecule has 6 heteroatoms. The Morgan fingerprint density at radius 2 is 2.28 bits per heavy atom. The summed E-state index contributed by atoms with van der Waals surface area (Å²) in [5.41, 5.74) is 1.02. The van der Waals surface area contributed by atoms with Crippen LogP contribution in [-0.2, 0) is 17.7 Å². The molecule has 0 saturated carbocycles. The predicted octanol–water partition coefficient (Wildman–Crippen LogP) is 1.76. The molecule has 0 atom stereocenters. The Hall–Kier alpha value is -1.53. The first-order valence-electron chi connectivity index (χ1n) is 5.72. The van der Waals surface area contributed by atoms with Crippen LogP contribution >= 0.6 is 11.5 Å². The van der Waals surface area contributed by atoms with Crippen molar-refractivity contribution in [2.45, 2.75) is 13.0 Å². The molecule has 2 rings (SSSR count). The second-order valence-corrected chi connectivity index (χ2v) is 4.64. The van der Waals surface area contributed by atoms with Gasteiger partial charge in [-0.25, -0.2) is 4.98 Å². The van der Waals surface area contributed by atoms with Crippen molar-refractivity contribution in [3.05, 3.63) is 35.9 Å². The van der Waals surface area contributed by atoms with Crippen molar-refractivity contribution in [2.75, 3.05) is 25.7 Å². The van der Waals surface area contributed by atoms with Gasteiger partial charge < -0.3 is 9.64 Å². The van der Waals surface area contributed by atoms with Gasteiger partial charge in [-0.3, -0.25) is 4.98 Å². The average Bonchev–Trinajstić information content (AvgIpc) is 2.86. The van der Waals surface area contributed by atoms with Gasteiger partial charge in [0.1, 0.15) is 5.82 Å². The van der Waals surface area contributed by atoms with E-state index in [0.717, 1.165) is 29.6 Å². The van der Waals surface area contributed by atoms with Gasteiger partial charge in [0.25, 0.3) is 0 Å². The van der Waals surface area contributed by atoms with Gasteiger partial charge in [-0.15, -0.1) is 0 Å². The lowest BCUT2D eigenvalue weighted by Gasteiger charge is -2.13. The van der Waals surface area contributed by atoms with Crippen molar-refractivity contribution >= 4 is 16.7 Å². The van der Waals surface area contributed by atoms with Crippen molar-refractivity contribution < 1.29 is 4.74 Å². The standard InChI is InChI=1S/C12H16N4OS/c1-16(9-10-5-3-4-7-13-10)12-14-11(15-18-12)6-8-17-2/h3-5,7H,6,8-9H2,1-2H3. The van der Waals surface area contributed by atoms with Crippen molar-refractivity contribution in [3.63, 3.8) is 0 Å². The van der Waals surface area contributed by atoms with Crippen LogP contribution in [0.2, 0.25) is 0 Å². The Morgan fingerprint density at radius 1 is 1.39 bits per heavy atom. The SMILES string of the molecule is COCCc1nsc(N(C)Cc2ccccn2)n1. The van der Waals surface area contributed by atoms with Crippen LogP contribution < -0.4 is 4.90 Å². The molecule has 0 aliphatic heterocycles. The zero-order valence-electron chi connectivity index (χ0n) is 10.5. The largest absolute Gasteiger partial charge is 0.384 e. The molecule has 2 aromatic rings. The summed E-state index contributed by atoms with van der Waals surface area (Å²) in [6, 6.07) is 5.90. The zero-order valence-corrected chi connectivity index (χ0v) is 11.4. The third-order valence-corrected chi connectivity index (χ3v) is 3.31. The van der Waals surface area contributed by atoms with E-state index in [4.69, 9.17) is 4.74 Å². The van der Waals surface area contributed by atoms with Crippen LogP contribution in [0.3, 0.4) is 0 Å². The van der Waals surface area contributed by atoms with Gasteiger partial charge in [-0.2, -0.15) is 4.37 Å². The number of anilines is 1. The van der Waals surface area contributed by atoms with Crippen LogP contribution in [0.5, 0.6) is 0 Å². The van der Waals surface area contributed by atoms with E-state index in [1.807, 2.05) is 25.2 Å². The van der Waals surface area contributed by atoms with Gasteiger partial charge in [0.2, 0.25) is 5.13 Å². The van der Waals surface area contributed by atoms with Crippen LogP contribution in [0.1, 0.15) is 11.5 Å². The summed E-state index contributed by atoms with van der Waals surface area (Å²) >= 11 is 1.41. The van der Waals surface area contributed by atoms with Crippen LogP contribution in [0.4, 0.5) is 5.13 Å². The van der Waals surface area contributed by atoms with Crippen molar-refractivity contribution in [1.82, 2.24) is 14.3 Å². The molecule has 0 aliphatic carbocycles. The average molecular weight is 264 g/mol. The van der Waals surface area contributed by atoms with Gasteiger partial charge in [0, 0.05) is 38.3 Å². The molecule has 0 amide bonds. The smallest absolute Gasteiger partial charge is 0.205 e. The molecule has 0 bridgehead atoms. The number of methoxy groups -OCH3 is 1. The quantitative estimate of drug-likeness (QED) is 0.795. The molecule has 2 heterocycles. The molecule has 0 saturated heterocycles. The lowest BCUT2D eigenvalue weighted by molar-refractivity contribution is 0.201. The van der Waals surface area contributed by atoms with Gasteiger partial charge in [0.15, 0.2) is 0 Å². The summed E-state index contributed by atoms with van der Waals surface area (Å²) in [5, 5.41) is 0.909. The minimum absolute atomic E-state index is 0.653. The van der Waals surface area contributed by atoms with Gasteiger partial charge >= 0.3 is 0 Å². The third-order valence-electron chi connectivity index (χ3n) is 2.44. The minimum Gasteiger partial charge on any atom is -0.384 e. The van der Waals surface area contributed by atoms with Crippen molar-refractivity contribution in [3.8, 4) is 0 Å². The molecule has 0 aliphatic rings. The molecule has 0 radical (unpaired) electrons. The highest BCUT2D eigenvalue weighted by Gasteiger charge is 2.09. The summed E-state index contributed by atoms with van der Waals surface area (Å²) in [6.45, 7) is 1.39. The van der Waals surface area contributed by atoms with E-state index in [1.54, 1.807) is 13.3 Å². The molecule has 2 aromatic heterocycles. The van der Waals surface area contributed by atoms with Crippen molar-refractivity contribution in [1.29, 1.82) is 0 Å². The fourth-order valence-electron chi connectivity index (χ4n) is 1.50. The fraction of sp³-hybridized carbons (Fsp3) is 0.417. The lowest BCUT2D eigenvalue weighted by atomic mass is 10.3. The Labute approximate surface area is 111 Å². The van der Waals surface area contributed by atoms with E-state index >= 15 is 0 Å². The van der Waals surface area contributed by atoms with E-state index < -0.39 is 0 Å². The highest BCUT2D eigenvalue weighted by Crippen LogP contribution is 2.17. The number of hydrogen-bond donors (Lipinski definition) is 0. The number of rotatable bonds is 6. The monoisotopic (exact) mass is 264 g/mol. The first-order valence-corrected chi connectivity index (χ1v) is 6.49. The maximum Gasteiger partial charge on any atom is 0.205 e. The van der Waals surface area contributed by atoms with Crippen molar-refractivity contribution in [2.24, 2.45) is 0 Å². The predicted molar refractivity (Wildman–Crippen MR) is 71.8 cm³/mol. The summed E-state index contributed by atoms with van der Waals surface area (Å²) < 4.78 is 9.32. The molecular formula is C12H16N4OS. The van der Waals surface area contributed by atoms with E-state index in [9.17, 15) is 0 Å². The summed E-state index contributed by atoms with van der Waals surface area (Å²) in [5.74, 6) is 0.838. The lowest BCUT2D eigenvalue weighted by Crippen LogP contribution is -2.17. The van der Waals surface area contributed by atoms with Crippen LogP contribution in [0.15, 0.2) is 24.4 Å². The number of hydrogen-bond acceptors (Lipinski definition) is 6. The normalized spacial score (nSPS) is 10.6. The van der Waals surface area contributed by atoms with Gasteiger partial charge in [-0.05, 0) is 12.1 Å². The molecule has 0 aromatic carbocycles. The first-order chi connectivity index (χ1) is 8.79. The molecule has 96 valence electrons. The van der Waals surface area contributed by atoms with E-state index in [1.165, 1.54) is 11.5 Å². The number of aromatic nitrogens is 3. The van der Waals surface area contributed by atoms with E-state index in [-0.39, 0.29) is 0 Å².